The fourth-order valence-electron chi connectivity index (χ4n) is 0.387. The fraction of sp³-hybridized carbons (Fsp3) is 0.667. The number of carbonyl (C=O) groups is 2. The predicted molar refractivity (Wildman–Crippen MR) is 49.5 cm³/mol. The van der Waals surface area contributed by atoms with Gasteiger partial charge in [0.25, 0.3) is 0 Å². The van der Waals surface area contributed by atoms with Crippen LogP contribution in [0.2, 0.25) is 0 Å². The zero-order valence-corrected chi connectivity index (χ0v) is 9.60. The van der Waals surface area contributed by atoms with Gasteiger partial charge in [-0.25, -0.2) is 4.57 Å². The van der Waals surface area contributed by atoms with Crippen LogP contribution in [0.15, 0.2) is 0 Å². The van der Waals surface area contributed by atoms with Crippen LogP contribution in [0.5, 0.6) is 0 Å². The molecule has 0 heterocycles. The summed E-state index contributed by atoms with van der Waals surface area (Å²) >= 11 is 0. The third-order valence-electron chi connectivity index (χ3n) is 0.891. The number of hydrogen-bond donors (Lipinski definition) is 3. The second-order valence-corrected chi connectivity index (χ2v) is 5.23. The van der Waals surface area contributed by atoms with E-state index in [1.807, 2.05) is 0 Å². The number of primary amides is 1. The van der Waals surface area contributed by atoms with Crippen molar-refractivity contribution >= 4 is 19.2 Å². The fourth-order valence-corrected chi connectivity index (χ4v) is 0.387. The highest BCUT2D eigenvalue weighted by Crippen LogP contribution is 2.33. The average molecular weight is 242 g/mol. The molecular weight excluding hydrogens is 227 g/mol. The Morgan fingerprint density at radius 2 is 1.60 bits per heavy atom. The number of carbonyl (C=O) groups excluding carboxylic acids is 2. The zero-order valence-electron chi connectivity index (χ0n) is 8.71. The van der Waals surface area contributed by atoms with Crippen LogP contribution in [0, 0.1) is 0 Å². The predicted octanol–water partition coefficient (Wildman–Crippen LogP) is -2.31. The van der Waals surface area contributed by atoms with Crippen molar-refractivity contribution < 1.29 is 33.5 Å². The van der Waals surface area contributed by atoms with Gasteiger partial charge in [0, 0.05) is 0 Å². The van der Waals surface area contributed by atoms with Crippen molar-refractivity contribution in [2.45, 2.75) is 0 Å². The highest BCUT2D eigenvalue weighted by Gasteiger charge is 2.20. The van der Waals surface area contributed by atoms with Crippen LogP contribution in [0.25, 0.3) is 0 Å². The Morgan fingerprint density at radius 1 is 1.33 bits per heavy atom. The Labute approximate surface area is 87.0 Å². The molecule has 90 valence electrons. The van der Waals surface area contributed by atoms with Gasteiger partial charge in [0.05, 0.1) is 27.1 Å². The van der Waals surface area contributed by atoms with Crippen LogP contribution in [0.3, 0.4) is 0 Å². The van der Waals surface area contributed by atoms with Crippen LogP contribution < -0.4 is 10.8 Å². The van der Waals surface area contributed by atoms with Crippen molar-refractivity contribution in [2.75, 3.05) is 27.7 Å². The number of nitrogens with two attached hydrogens (primary N) is 1. The summed E-state index contributed by atoms with van der Waals surface area (Å²) in [7, 11) is 0.805. The van der Waals surface area contributed by atoms with Gasteiger partial charge in [0.2, 0.25) is 0 Å². The van der Waals surface area contributed by atoms with Gasteiger partial charge >= 0.3 is 13.2 Å². The van der Waals surface area contributed by atoms with E-state index in [1.165, 1.54) is 0 Å². The Bertz CT molecular complexity index is 278. The third kappa shape index (κ3) is 15.8. The molecule has 0 saturated carbocycles. The number of amides is 1. The molecule has 0 unspecified atom stereocenters. The van der Waals surface area contributed by atoms with E-state index >= 15 is 0 Å². The summed E-state index contributed by atoms with van der Waals surface area (Å²) in [5.41, 5.74) is 2.58. The molecule has 0 aliphatic rings. The van der Waals surface area contributed by atoms with E-state index in [1.54, 1.807) is 21.1 Å². The van der Waals surface area contributed by atoms with E-state index in [0.29, 0.717) is 4.48 Å². The normalized spacial score (nSPS) is 11.3. The van der Waals surface area contributed by atoms with E-state index < -0.39 is 19.2 Å². The maximum Gasteiger partial charge on any atom is 0.412 e. The van der Waals surface area contributed by atoms with Crippen LogP contribution in [0.4, 0.5) is 4.79 Å². The largest absolute Gasteiger partial charge is 0.544 e. The highest BCUT2D eigenvalue weighted by atomic mass is 31.2. The maximum atomic E-state index is 9.89. The Balaban J connectivity index is 0. The molecule has 0 aliphatic heterocycles. The lowest BCUT2D eigenvalue weighted by molar-refractivity contribution is -0.864. The molecule has 9 heteroatoms. The number of carboxylic acids is 1. The molecule has 1 amide bonds. The van der Waals surface area contributed by atoms with E-state index in [9.17, 15) is 19.3 Å². The number of aliphatic carboxylic acids is 1. The van der Waals surface area contributed by atoms with E-state index in [2.05, 4.69) is 5.73 Å². The van der Waals surface area contributed by atoms with Gasteiger partial charge in [-0.05, 0) is 0 Å². The minimum Gasteiger partial charge on any atom is -0.544 e. The lowest BCUT2D eigenvalue weighted by Gasteiger charge is -2.23. The molecule has 0 rings (SSSR count). The molecule has 0 bridgehead atoms. The zero-order chi connectivity index (χ0) is 12.9. The first-order valence-electron chi connectivity index (χ1n) is 3.72. The first kappa shape index (κ1) is 16.5. The molecule has 0 saturated heterocycles. The van der Waals surface area contributed by atoms with Crippen molar-refractivity contribution in [2.24, 2.45) is 5.73 Å². The summed E-state index contributed by atoms with van der Waals surface area (Å²) in [5.74, 6) is -1.00. The number of quaternary nitrogens is 1. The van der Waals surface area contributed by atoms with Gasteiger partial charge in [-0.3, -0.25) is 4.79 Å². The number of nitrogens with zero attached hydrogens (tertiary/aromatic N) is 1. The van der Waals surface area contributed by atoms with Gasteiger partial charge in [-0.1, -0.05) is 0 Å². The molecular formula is C6H15N2O6P. The molecule has 0 aromatic carbocycles. The number of rotatable bonds is 3. The molecule has 0 spiro atoms. The van der Waals surface area contributed by atoms with Crippen LogP contribution in [-0.2, 0) is 9.36 Å². The van der Waals surface area contributed by atoms with Gasteiger partial charge < -0.3 is 29.9 Å². The van der Waals surface area contributed by atoms with Crippen LogP contribution in [-0.4, -0.2) is 53.6 Å². The molecule has 15 heavy (non-hydrogen) atoms. The monoisotopic (exact) mass is 242 g/mol. The standard InChI is InChI=1S/C5H11NO2.CH4NO4P/c1-6(2,3)4-5(7)8;2-1(3)7(4,5)6/h4H2,1-3H3;(H2,2,3)(H2,4,5,6). The first-order valence-corrected chi connectivity index (χ1v) is 5.33. The van der Waals surface area contributed by atoms with Gasteiger partial charge in [0.15, 0.2) is 0 Å². The van der Waals surface area contributed by atoms with Crippen molar-refractivity contribution in [1.82, 2.24) is 0 Å². The summed E-state index contributed by atoms with van der Waals surface area (Å²) in [6, 6.07) is 0. The topological polar surface area (TPSA) is 141 Å². The maximum absolute atomic E-state index is 9.89. The number of carboxylic acid groups (broad SMARTS) is 1. The minimum absolute atomic E-state index is 0.0694. The van der Waals surface area contributed by atoms with Crippen molar-refractivity contribution in [3.05, 3.63) is 0 Å². The molecule has 0 radical (unpaired) electrons. The van der Waals surface area contributed by atoms with E-state index in [-0.39, 0.29) is 6.54 Å². The third-order valence-corrected chi connectivity index (χ3v) is 1.46. The summed E-state index contributed by atoms with van der Waals surface area (Å²) in [6.07, 6.45) is 0. The SMILES string of the molecule is C[N+](C)(C)CC(=O)[O-].NC(=O)P(=O)(O)O. The average Bonchev–Trinajstić information content (AvgIpc) is 1.78. The van der Waals surface area contributed by atoms with E-state index in [4.69, 9.17) is 9.79 Å². The summed E-state index contributed by atoms with van der Waals surface area (Å²) in [5, 5.41) is 9.89. The molecule has 0 aromatic rings. The van der Waals surface area contributed by atoms with Gasteiger partial charge in [0.1, 0.15) is 6.54 Å². The first-order chi connectivity index (χ1) is 6.36. The lowest BCUT2D eigenvalue weighted by atomic mass is 10.5. The summed E-state index contributed by atoms with van der Waals surface area (Å²) < 4.78 is 9.97. The molecule has 4 N–H and O–H groups in total. The minimum atomic E-state index is -4.60. The molecule has 0 aliphatic carbocycles. The quantitative estimate of drug-likeness (QED) is 0.375. The number of likely N-dealkylation sites (N-methyl/N-ethyl adjacent to an activating group) is 1. The Morgan fingerprint density at radius 3 is 1.60 bits per heavy atom. The van der Waals surface area contributed by atoms with Crippen molar-refractivity contribution in [1.29, 1.82) is 0 Å². The van der Waals surface area contributed by atoms with Gasteiger partial charge in [-0.2, -0.15) is 0 Å². The summed E-state index contributed by atoms with van der Waals surface area (Å²) in [4.78, 5) is 34.8. The molecule has 8 nitrogen and oxygen atoms in total. The number of hydrogen-bond acceptors (Lipinski definition) is 4. The second kappa shape index (κ2) is 5.82. The lowest BCUT2D eigenvalue weighted by Crippen LogP contribution is -2.45. The van der Waals surface area contributed by atoms with Crippen LogP contribution in [0.1, 0.15) is 0 Å². The Kier molecular flexibility index (Phi) is 6.39. The molecule has 0 atom stereocenters. The second-order valence-electron chi connectivity index (χ2n) is 3.70. The highest BCUT2D eigenvalue weighted by molar-refractivity contribution is 7.69. The van der Waals surface area contributed by atoms with Crippen LogP contribution >= 0.6 is 7.60 Å². The molecule has 0 aromatic heterocycles. The Hall–Kier alpha value is -0.950. The van der Waals surface area contributed by atoms with Crippen molar-refractivity contribution in [3.8, 4) is 0 Å². The smallest absolute Gasteiger partial charge is 0.412 e. The molecule has 0 fully saturated rings. The van der Waals surface area contributed by atoms with E-state index in [0.717, 1.165) is 0 Å². The summed E-state index contributed by atoms with van der Waals surface area (Å²) in [6.45, 7) is 0.0694. The van der Waals surface area contributed by atoms with Gasteiger partial charge in [-0.15, -0.1) is 0 Å². The van der Waals surface area contributed by atoms with Crippen molar-refractivity contribution in [3.63, 3.8) is 0 Å².